The van der Waals surface area contributed by atoms with Crippen LogP contribution in [0.25, 0.3) is 10.9 Å². The Hall–Kier alpha value is -0.810. The number of hydrogen-bond acceptors (Lipinski definition) is 2. The van der Waals surface area contributed by atoms with Crippen LogP contribution in [0.5, 0.6) is 0 Å². The number of benzene rings is 1. The fourth-order valence-corrected chi connectivity index (χ4v) is 2.90. The van der Waals surface area contributed by atoms with Gasteiger partial charge in [0.15, 0.2) is 9.84 Å². The van der Waals surface area contributed by atoms with Crippen molar-refractivity contribution < 1.29 is 8.42 Å². The van der Waals surface area contributed by atoms with E-state index >= 15 is 0 Å². The van der Waals surface area contributed by atoms with Gasteiger partial charge in [0.2, 0.25) is 0 Å². The maximum atomic E-state index is 11.8. The van der Waals surface area contributed by atoms with Crippen molar-refractivity contribution in [1.29, 1.82) is 0 Å². The van der Waals surface area contributed by atoms with E-state index in [1.54, 1.807) is 13.8 Å². The molecule has 0 aliphatic carbocycles. The first-order valence-electron chi connectivity index (χ1n) is 5.37. The molecule has 2 aromatic rings. The Bertz CT molecular complexity index is 644. The topological polar surface area (TPSA) is 49.9 Å². The fourth-order valence-electron chi connectivity index (χ4n) is 1.62. The van der Waals surface area contributed by atoms with Gasteiger partial charge in [0.1, 0.15) is 0 Å². The molecule has 0 aliphatic rings. The summed E-state index contributed by atoms with van der Waals surface area (Å²) >= 11 is 3.39. The van der Waals surface area contributed by atoms with Crippen molar-refractivity contribution in [1.82, 2.24) is 4.98 Å². The van der Waals surface area contributed by atoms with Gasteiger partial charge in [-0.05, 0) is 37.4 Å². The van der Waals surface area contributed by atoms with Crippen molar-refractivity contribution in [3.63, 3.8) is 0 Å². The minimum atomic E-state index is -3.05. The van der Waals surface area contributed by atoms with Gasteiger partial charge in [-0.3, -0.25) is 0 Å². The summed E-state index contributed by atoms with van der Waals surface area (Å²) in [6, 6.07) is 7.74. The van der Waals surface area contributed by atoms with Crippen LogP contribution < -0.4 is 0 Å². The zero-order chi connectivity index (χ0) is 12.6. The lowest BCUT2D eigenvalue weighted by atomic mass is 10.2. The smallest absolute Gasteiger partial charge is 0.158 e. The van der Waals surface area contributed by atoms with Crippen LogP contribution >= 0.6 is 15.9 Å². The molecule has 0 saturated carbocycles. The maximum Gasteiger partial charge on any atom is 0.158 e. The van der Waals surface area contributed by atoms with Crippen LogP contribution in [-0.2, 0) is 15.6 Å². The number of rotatable bonds is 3. The first-order valence-corrected chi connectivity index (χ1v) is 7.88. The summed E-state index contributed by atoms with van der Waals surface area (Å²) in [6.07, 6.45) is 0. The second-order valence-corrected chi connectivity index (χ2v) is 7.85. The molecular weight excluding hydrogens is 302 g/mol. The van der Waals surface area contributed by atoms with Crippen LogP contribution in [0, 0.1) is 0 Å². The molecule has 1 heterocycles. The summed E-state index contributed by atoms with van der Waals surface area (Å²) in [4.78, 5) is 3.14. The average molecular weight is 316 g/mol. The Balaban J connectivity index is 2.38. The van der Waals surface area contributed by atoms with Gasteiger partial charge >= 0.3 is 0 Å². The predicted molar refractivity (Wildman–Crippen MR) is 73.8 cm³/mol. The van der Waals surface area contributed by atoms with E-state index in [1.807, 2.05) is 24.3 Å². The van der Waals surface area contributed by atoms with Gasteiger partial charge in [0.05, 0.1) is 11.0 Å². The Labute approximate surface area is 109 Å². The molecule has 3 nitrogen and oxygen atoms in total. The van der Waals surface area contributed by atoms with Crippen molar-refractivity contribution in [2.24, 2.45) is 0 Å². The number of fused-ring (bicyclic) bond motifs is 1. The van der Waals surface area contributed by atoms with E-state index in [0.29, 0.717) is 0 Å². The van der Waals surface area contributed by atoms with E-state index in [9.17, 15) is 8.42 Å². The van der Waals surface area contributed by atoms with Crippen LogP contribution in [0.1, 0.15) is 19.5 Å². The largest absolute Gasteiger partial charge is 0.358 e. The third kappa shape index (κ3) is 2.72. The molecule has 0 aliphatic heterocycles. The van der Waals surface area contributed by atoms with Crippen LogP contribution in [0.15, 0.2) is 28.7 Å². The van der Waals surface area contributed by atoms with Crippen molar-refractivity contribution >= 4 is 36.7 Å². The van der Waals surface area contributed by atoms with Crippen LogP contribution in [0.4, 0.5) is 0 Å². The highest BCUT2D eigenvalue weighted by Crippen LogP contribution is 2.21. The molecule has 0 radical (unpaired) electrons. The SMILES string of the molecule is CC(C)S(=O)(=O)Cc1cc2ccc(Br)cc2[nH]1. The van der Waals surface area contributed by atoms with Gasteiger partial charge in [-0.1, -0.05) is 22.0 Å². The van der Waals surface area contributed by atoms with E-state index in [2.05, 4.69) is 20.9 Å². The first kappa shape index (κ1) is 12.6. The Morgan fingerprint density at radius 3 is 2.65 bits per heavy atom. The molecule has 1 aromatic carbocycles. The Morgan fingerprint density at radius 1 is 1.29 bits per heavy atom. The third-order valence-corrected chi connectivity index (χ3v) is 5.36. The van der Waals surface area contributed by atoms with Gasteiger partial charge in [0.25, 0.3) is 0 Å². The standard InChI is InChI=1S/C12H14BrNO2S/c1-8(2)17(15,16)7-11-5-9-3-4-10(13)6-12(9)14-11/h3-6,8,14H,7H2,1-2H3. The Morgan fingerprint density at radius 2 is 2.00 bits per heavy atom. The monoisotopic (exact) mass is 315 g/mol. The number of hydrogen-bond donors (Lipinski definition) is 1. The van der Waals surface area contributed by atoms with Gasteiger partial charge < -0.3 is 4.98 Å². The summed E-state index contributed by atoms with van der Waals surface area (Å²) in [5.74, 6) is 0.0664. The third-order valence-electron chi connectivity index (χ3n) is 2.72. The average Bonchev–Trinajstić information content (AvgIpc) is 2.57. The van der Waals surface area contributed by atoms with Gasteiger partial charge in [0, 0.05) is 15.7 Å². The van der Waals surface area contributed by atoms with E-state index in [-0.39, 0.29) is 11.0 Å². The second-order valence-electron chi connectivity index (χ2n) is 4.38. The molecule has 0 unspecified atom stereocenters. The summed E-state index contributed by atoms with van der Waals surface area (Å²) in [7, 11) is -3.05. The maximum absolute atomic E-state index is 11.8. The number of halogens is 1. The van der Waals surface area contributed by atoms with E-state index in [4.69, 9.17) is 0 Å². The van der Waals surface area contributed by atoms with Crippen LogP contribution in [0.2, 0.25) is 0 Å². The summed E-state index contributed by atoms with van der Waals surface area (Å²) in [5, 5.41) is 0.683. The van der Waals surface area contributed by atoms with Crippen LogP contribution in [0.3, 0.4) is 0 Å². The molecule has 17 heavy (non-hydrogen) atoms. The molecule has 0 bridgehead atoms. The molecule has 2 rings (SSSR count). The lowest BCUT2D eigenvalue weighted by molar-refractivity contribution is 0.586. The molecule has 0 fully saturated rings. The minimum absolute atomic E-state index is 0.0664. The molecule has 1 N–H and O–H groups in total. The van der Waals surface area contributed by atoms with Crippen LogP contribution in [-0.4, -0.2) is 18.7 Å². The normalized spacial score (nSPS) is 12.5. The van der Waals surface area contributed by atoms with E-state index < -0.39 is 9.84 Å². The number of sulfone groups is 1. The lowest BCUT2D eigenvalue weighted by Gasteiger charge is -2.05. The number of nitrogens with one attached hydrogen (secondary N) is 1. The molecule has 0 saturated heterocycles. The summed E-state index contributed by atoms with van der Waals surface area (Å²) in [6.45, 7) is 3.41. The zero-order valence-corrected chi connectivity index (χ0v) is 12.1. The van der Waals surface area contributed by atoms with Crippen molar-refractivity contribution in [2.75, 3.05) is 0 Å². The highest BCUT2D eigenvalue weighted by molar-refractivity contribution is 9.10. The number of aromatic nitrogens is 1. The van der Waals surface area contributed by atoms with E-state index in [1.165, 1.54) is 0 Å². The second kappa shape index (κ2) is 4.46. The fraction of sp³-hybridized carbons (Fsp3) is 0.333. The molecule has 1 aromatic heterocycles. The molecule has 0 atom stereocenters. The number of aromatic amines is 1. The summed E-state index contributed by atoms with van der Waals surface area (Å²) < 4.78 is 24.6. The zero-order valence-electron chi connectivity index (χ0n) is 9.70. The molecule has 0 amide bonds. The summed E-state index contributed by atoms with van der Waals surface area (Å²) in [5.41, 5.74) is 1.69. The first-order chi connectivity index (χ1) is 7.88. The van der Waals surface area contributed by atoms with Gasteiger partial charge in [-0.15, -0.1) is 0 Å². The molecule has 92 valence electrons. The van der Waals surface area contributed by atoms with Crippen molar-refractivity contribution in [3.8, 4) is 0 Å². The predicted octanol–water partition coefficient (Wildman–Crippen LogP) is 3.25. The highest BCUT2D eigenvalue weighted by atomic mass is 79.9. The minimum Gasteiger partial charge on any atom is -0.358 e. The van der Waals surface area contributed by atoms with E-state index in [0.717, 1.165) is 21.1 Å². The van der Waals surface area contributed by atoms with Gasteiger partial charge in [-0.25, -0.2) is 8.42 Å². The van der Waals surface area contributed by atoms with Crippen molar-refractivity contribution in [3.05, 3.63) is 34.4 Å². The van der Waals surface area contributed by atoms with Gasteiger partial charge in [-0.2, -0.15) is 0 Å². The quantitative estimate of drug-likeness (QED) is 0.945. The Kier molecular flexibility index (Phi) is 3.32. The molecule has 0 spiro atoms. The molecular formula is C12H14BrNO2S. The highest BCUT2D eigenvalue weighted by Gasteiger charge is 2.17. The lowest BCUT2D eigenvalue weighted by Crippen LogP contribution is -2.16. The molecule has 5 heteroatoms. The van der Waals surface area contributed by atoms with Crippen molar-refractivity contribution in [2.45, 2.75) is 24.9 Å². The number of H-pyrrole nitrogens is 1.